The van der Waals surface area contributed by atoms with E-state index in [-0.39, 0.29) is 0 Å². The van der Waals surface area contributed by atoms with Crippen LogP contribution in [0.4, 0.5) is 23.1 Å². The van der Waals surface area contributed by atoms with Gasteiger partial charge in [0.1, 0.15) is 5.82 Å². The standard InChI is InChI=1S/C19H27N5/c1-15(2)9-11-20-19-21-12-10-18(23-19)22-16-5-7-17(8-6-16)24-13-3-4-14-24/h5-8,10,12,15H,3-4,9,11,13-14H2,1-2H3,(H2,20,21,22,23). The smallest absolute Gasteiger partial charge is 0.224 e. The second-order valence-corrected chi connectivity index (χ2v) is 6.74. The molecular formula is C19H27N5. The van der Waals surface area contributed by atoms with Crippen molar-refractivity contribution in [2.24, 2.45) is 5.92 Å². The van der Waals surface area contributed by atoms with Crippen molar-refractivity contribution in [2.75, 3.05) is 35.2 Å². The zero-order valence-corrected chi connectivity index (χ0v) is 14.6. The maximum atomic E-state index is 4.52. The number of nitrogens with one attached hydrogen (secondary N) is 2. The summed E-state index contributed by atoms with van der Waals surface area (Å²) in [6.07, 6.45) is 5.49. The number of hydrogen-bond donors (Lipinski definition) is 2. The Kier molecular flexibility index (Phi) is 5.51. The molecule has 3 rings (SSSR count). The molecule has 0 spiro atoms. The zero-order chi connectivity index (χ0) is 16.8. The third kappa shape index (κ3) is 4.60. The van der Waals surface area contributed by atoms with E-state index in [1.165, 1.54) is 31.6 Å². The molecule has 1 saturated heterocycles. The average molecular weight is 325 g/mol. The molecule has 1 fully saturated rings. The largest absolute Gasteiger partial charge is 0.372 e. The summed E-state index contributed by atoms with van der Waals surface area (Å²) in [5.41, 5.74) is 2.35. The predicted octanol–water partition coefficient (Wildman–Crippen LogP) is 4.28. The van der Waals surface area contributed by atoms with Crippen molar-refractivity contribution < 1.29 is 0 Å². The Labute approximate surface area is 144 Å². The van der Waals surface area contributed by atoms with E-state index in [0.29, 0.717) is 11.9 Å². The van der Waals surface area contributed by atoms with E-state index in [2.05, 4.69) is 63.6 Å². The summed E-state index contributed by atoms with van der Waals surface area (Å²) in [5.74, 6) is 2.16. The minimum absolute atomic E-state index is 0.674. The van der Waals surface area contributed by atoms with Gasteiger partial charge in [-0.2, -0.15) is 4.98 Å². The van der Waals surface area contributed by atoms with E-state index in [1.807, 2.05) is 6.07 Å². The maximum Gasteiger partial charge on any atom is 0.224 e. The van der Waals surface area contributed by atoms with Gasteiger partial charge in [-0.3, -0.25) is 0 Å². The van der Waals surface area contributed by atoms with E-state index in [1.54, 1.807) is 6.20 Å². The van der Waals surface area contributed by atoms with Crippen molar-refractivity contribution in [2.45, 2.75) is 33.1 Å². The minimum atomic E-state index is 0.674. The van der Waals surface area contributed by atoms with Gasteiger partial charge in [0.2, 0.25) is 5.95 Å². The fraction of sp³-hybridized carbons (Fsp3) is 0.474. The molecular weight excluding hydrogens is 298 g/mol. The van der Waals surface area contributed by atoms with Gasteiger partial charge < -0.3 is 15.5 Å². The first-order chi connectivity index (χ1) is 11.7. The fourth-order valence-corrected chi connectivity index (χ4v) is 2.86. The Morgan fingerprint density at radius 2 is 1.83 bits per heavy atom. The number of benzene rings is 1. The Balaban J connectivity index is 1.58. The Morgan fingerprint density at radius 1 is 1.08 bits per heavy atom. The molecule has 2 aromatic rings. The summed E-state index contributed by atoms with van der Waals surface area (Å²) in [6.45, 7) is 7.67. The first-order valence-corrected chi connectivity index (χ1v) is 8.89. The lowest BCUT2D eigenvalue weighted by Gasteiger charge is -2.18. The van der Waals surface area contributed by atoms with E-state index in [9.17, 15) is 0 Å². The third-order valence-corrected chi connectivity index (χ3v) is 4.27. The van der Waals surface area contributed by atoms with Crippen LogP contribution in [0.1, 0.15) is 33.1 Å². The second-order valence-electron chi connectivity index (χ2n) is 6.74. The Morgan fingerprint density at radius 3 is 2.54 bits per heavy atom. The number of nitrogens with zero attached hydrogens (tertiary/aromatic N) is 3. The summed E-state index contributed by atoms with van der Waals surface area (Å²) in [7, 11) is 0. The highest BCUT2D eigenvalue weighted by atomic mass is 15.1. The molecule has 2 heterocycles. The maximum absolute atomic E-state index is 4.52. The topological polar surface area (TPSA) is 53.1 Å². The Bertz CT molecular complexity index is 632. The van der Waals surface area contributed by atoms with Crippen LogP contribution < -0.4 is 15.5 Å². The Hall–Kier alpha value is -2.30. The second kappa shape index (κ2) is 7.99. The molecule has 1 aliphatic rings. The SMILES string of the molecule is CC(C)CCNc1nccc(Nc2ccc(N3CCCC3)cc2)n1. The van der Waals surface area contributed by atoms with Crippen LogP contribution in [0, 0.1) is 5.92 Å². The van der Waals surface area contributed by atoms with Gasteiger partial charge in [-0.05, 0) is 55.5 Å². The highest BCUT2D eigenvalue weighted by Gasteiger charge is 2.11. The van der Waals surface area contributed by atoms with Gasteiger partial charge >= 0.3 is 0 Å². The van der Waals surface area contributed by atoms with Crippen LogP contribution in [0.2, 0.25) is 0 Å². The molecule has 5 heteroatoms. The van der Waals surface area contributed by atoms with Crippen LogP contribution in [-0.2, 0) is 0 Å². The van der Waals surface area contributed by atoms with Gasteiger partial charge in [-0.25, -0.2) is 4.98 Å². The molecule has 2 N–H and O–H groups in total. The number of rotatable bonds is 7. The molecule has 0 radical (unpaired) electrons. The minimum Gasteiger partial charge on any atom is -0.372 e. The molecule has 0 unspecified atom stereocenters. The summed E-state index contributed by atoms with van der Waals surface area (Å²) < 4.78 is 0. The van der Waals surface area contributed by atoms with Crippen molar-refractivity contribution in [3.63, 3.8) is 0 Å². The van der Waals surface area contributed by atoms with Gasteiger partial charge in [0, 0.05) is 37.2 Å². The van der Waals surface area contributed by atoms with Crippen LogP contribution in [0.25, 0.3) is 0 Å². The first kappa shape index (κ1) is 16.6. The third-order valence-electron chi connectivity index (χ3n) is 4.27. The lowest BCUT2D eigenvalue weighted by molar-refractivity contribution is 0.606. The molecule has 0 saturated carbocycles. The molecule has 1 aliphatic heterocycles. The number of hydrogen-bond acceptors (Lipinski definition) is 5. The van der Waals surface area contributed by atoms with Crippen LogP contribution in [0.3, 0.4) is 0 Å². The van der Waals surface area contributed by atoms with Crippen LogP contribution in [0.15, 0.2) is 36.5 Å². The van der Waals surface area contributed by atoms with Crippen molar-refractivity contribution in [3.8, 4) is 0 Å². The quantitative estimate of drug-likeness (QED) is 0.796. The van der Waals surface area contributed by atoms with Gasteiger partial charge in [-0.15, -0.1) is 0 Å². The molecule has 0 aliphatic carbocycles. The predicted molar refractivity (Wildman–Crippen MR) is 101 cm³/mol. The summed E-state index contributed by atoms with van der Waals surface area (Å²) >= 11 is 0. The molecule has 0 atom stereocenters. The van der Waals surface area contributed by atoms with Crippen LogP contribution in [-0.4, -0.2) is 29.6 Å². The summed E-state index contributed by atoms with van der Waals surface area (Å²) in [4.78, 5) is 11.2. The molecule has 1 aromatic heterocycles. The molecule has 128 valence electrons. The highest BCUT2D eigenvalue weighted by molar-refractivity contribution is 5.61. The fourth-order valence-electron chi connectivity index (χ4n) is 2.86. The zero-order valence-electron chi connectivity index (χ0n) is 14.6. The van der Waals surface area contributed by atoms with Crippen molar-refractivity contribution in [1.82, 2.24) is 9.97 Å². The molecule has 5 nitrogen and oxygen atoms in total. The summed E-state index contributed by atoms with van der Waals surface area (Å²) in [5, 5.41) is 6.63. The van der Waals surface area contributed by atoms with Gasteiger partial charge in [-0.1, -0.05) is 13.8 Å². The monoisotopic (exact) mass is 325 g/mol. The lowest BCUT2D eigenvalue weighted by atomic mass is 10.1. The highest BCUT2D eigenvalue weighted by Crippen LogP contribution is 2.23. The number of aromatic nitrogens is 2. The molecule has 0 amide bonds. The van der Waals surface area contributed by atoms with Crippen molar-refractivity contribution >= 4 is 23.1 Å². The van der Waals surface area contributed by atoms with Gasteiger partial charge in [0.25, 0.3) is 0 Å². The van der Waals surface area contributed by atoms with Crippen molar-refractivity contribution in [3.05, 3.63) is 36.5 Å². The van der Waals surface area contributed by atoms with Crippen molar-refractivity contribution in [1.29, 1.82) is 0 Å². The average Bonchev–Trinajstić information content (AvgIpc) is 3.10. The van der Waals surface area contributed by atoms with Crippen LogP contribution >= 0.6 is 0 Å². The lowest BCUT2D eigenvalue weighted by Crippen LogP contribution is -2.17. The van der Waals surface area contributed by atoms with Crippen LogP contribution in [0.5, 0.6) is 0 Å². The molecule has 24 heavy (non-hydrogen) atoms. The van der Waals surface area contributed by atoms with E-state index >= 15 is 0 Å². The van der Waals surface area contributed by atoms with E-state index < -0.39 is 0 Å². The first-order valence-electron chi connectivity index (χ1n) is 8.89. The molecule has 1 aromatic carbocycles. The van der Waals surface area contributed by atoms with E-state index in [0.717, 1.165) is 24.5 Å². The molecule has 0 bridgehead atoms. The number of anilines is 4. The van der Waals surface area contributed by atoms with Gasteiger partial charge in [0.15, 0.2) is 0 Å². The van der Waals surface area contributed by atoms with E-state index in [4.69, 9.17) is 0 Å². The normalized spacial score (nSPS) is 14.2. The summed E-state index contributed by atoms with van der Waals surface area (Å²) in [6, 6.07) is 10.5. The van der Waals surface area contributed by atoms with Gasteiger partial charge in [0.05, 0.1) is 0 Å².